The van der Waals surface area contributed by atoms with Crippen molar-refractivity contribution in [1.29, 1.82) is 5.26 Å². The van der Waals surface area contributed by atoms with Gasteiger partial charge in [-0.2, -0.15) is 10.4 Å². The first kappa shape index (κ1) is 18.6. The molecule has 3 aromatic rings. The molecule has 28 heavy (non-hydrogen) atoms. The highest BCUT2D eigenvalue weighted by atomic mass is 32.2. The Hall–Kier alpha value is -2.74. The number of nitriles is 1. The van der Waals surface area contributed by atoms with E-state index in [1.165, 1.54) is 23.9 Å². The highest BCUT2D eigenvalue weighted by Crippen LogP contribution is 2.46. The zero-order chi connectivity index (χ0) is 19.7. The van der Waals surface area contributed by atoms with Crippen molar-refractivity contribution in [3.05, 3.63) is 36.2 Å². The highest BCUT2D eigenvalue weighted by Gasteiger charge is 2.26. The monoisotopic (exact) mass is 415 g/mol. The topological polar surface area (TPSA) is 112 Å². The van der Waals surface area contributed by atoms with Gasteiger partial charge in [-0.05, 0) is 17.7 Å². The quantitative estimate of drug-likeness (QED) is 0.696. The predicted molar refractivity (Wildman–Crippen MR) is 106 cm³/mol. The van der Waals surface area contributed by atoms with Crippen molar-refractivity contribution in [1.82, 2.24) is 15.2 Å². The second-order valence-corrected chi connectivity index (χ2v) is 9.34. The third kappa shape index (κ3) is 3.40. The number of nitrogens with one attached hydrogen (secondary N) is 1. The lowest BCUT2D eigenvalue weighted by Crippen LogP contribution is -2.36. The minimum atomic E-state index is -3.30. The number of aromatic nitrogens is 3. The van der Waals surface area contributed by atoms with Gasteiger partial charge in [-0.3, -0.25) is 5.10 Å². The summed E-state index contributed by atoms with van der Waals surface area (Å²) < 4.78 is 29.0. The third-order valence-electron chi connectivity index (χ3n) is 4.50. The van der Waals surface area contributed by atoms with Crippen LogP contribution in [0.3, 0.4) is 0 Å². The summed E-state index contributed by atoms with van der Waals surface area (Å²) in [6, 6.07) is 8.90. The fourth-order valence-corrected chi connectivity index (χ4v) is 5.04. The van der Waals surface area contributed by atoms with E-state index in [4.69, 9.17) is 4.74 Å². The number of hydrogen-bond acceptors (Lipinski definition) is 8. The molecule has 1 aliphatic rings. The zero-order valence-electron chi connectivity index (χ0n) is 15.0. The number of thiophene rings is 1. The molecule has 1 saturated heterocycles. The van der Waals surface area contributed by atoms with E-state index in [-0.39, 0.29) is 4.90 Å². The molecule has 3 heterocycles. The number of aromatic amines is 1. The van der Waals surface area contributed by atoms with E-state index in [0.717, 1.165) is 21.0 Å². The average molecular weight is 416 g/mol. The van der Waals surface area contributed by atoms with Gasteiger partial charge in [-0.25, -0.2) is 13.4 Å². The van der Waals surface area contributed by atoms with E-state index in [2.05, 4.69) is 26.2 Å². The summed E-state index contributed by atoms with van der Waals surface area (Å²) in [4.78, 5) is 7.43. The molecule has 1 N–H and O–H groups in total. The van der Waals surface area contributed by atoms with Gasteiger partial charge in [0.1, 0.15) is 17.4 Å². The van der Waals surface area contributed by atoms with Crippen LogP contribution in [0.25, 0.3) is 21.8 Å². The molecule has 8 nitrogen and oxygen atoms in total. The molecule has 0 bridgehead atoms. The summed E-state index contributed by atoms with van der Waals surface area (Å²) in [5, 5.41) is 17.6. The molecule has 0 unspecified atom stereocenters. The summed E-state index contributed by atoms with van der Waals surface area (Å²) in [6.07, 6.45) is 2.59. The van der Waals surface area contributed by atoms with Crippen LogP contribution in [0, 0.1) is 11.3 Å². The van der Waals surface area contributed by atoms with Crippen molar-refractivity contribution in [3.8, 4) is 27.9 Å². The molecule has 0 spiro atoms. The number of anilines is 1. The van der Waals surface area contributed by atoms with E-state index in [1.54, 1.807) is 24.3 Å². The molecule has 0 amide bonds. The molecule has 0 atom stereocenters. The van der Waals surface area contributed by atoms with Gasteiger partial charge < -0.3 is 9.64 Å². The number of sulfone groups is 1. The van der Waals surface area contributed by atoms with Gasteiger partial charge in [0.05, 0.1) is 28.5 Å². The Kier molecular flexibility index (Phi) is 4.89. The number of ether oxygens (including phenoxy) is 1. The lowest BCUT2D eigenvalue weighted by Gasteiger charge is -2.27. The zero-order valence-corrected chi connectivity index (χ0v) is 16.7. The SMILES string of the molecule is CS(=O)(=O)c1ccc(-c2c(-c3ncn[nH]3)sc(N3CCOCC3)c2C#N)cc1. The van der Waals surface area contributed by atoms with E-state index >= 15 is 0 Å². The Labute approximate surface area is 166 Å². The van der Waals surface area contributed by atoms with Gasteiger partial charge in [-0.15, -0.1) is 11.3 Å². The van der Waals surface area contributed by atoms with Crippen LogP contribution in [0.15, 0.2) is 35.5 Å². The summed E-state index contributed by atoms with van der Waals surface area (Å²) in [5.74, 6) is 0.572. The van der Waals surface area contributed by atoms with E-state index < -0.39 is 9.84 Å². The first-order valence-corrected chi connectivity index (χ1v) is 11.3. The molecule has 1 aliphatic heterocycles. The normalized spacial score (nSPS) is 14.8. The van der Waals surface area contributed by atoms with Gasteiger partial charge >= 0.3 is 0 Å². The van der Waals surface area contributed by atoms with Crippen LogP contribution in [0.5, 0.6) is 0 Å². The number of hydrogen-bond donors (Lipinski definition) is 1. The first-order chi connectivity index (χ1) is 13.5. The maximum Gasteiger partial charge on any atom is 0.175 e. The van der Waals surface area contributed by atoms with Crippen LogP contribution >= 0.6 is 11.3 Å². The minimum Gasteiger partial charge on any atom is -0.378 e. The van der Waals surface area contributed by atoms with Gasteiger partial charge in [0, 0.05) is 24.9 Å². The number of nitrogens with zero attached hydrogens (tertiary/aromatic N) is 4. The number of rotatable bonds is 4. The molecule has 0 radical (unpaired) electrons. The Morgan fingerprint density at radius 1 is 1.25 bits per heavy atom. The maximum atomic E-state index is 11.8. The minimum absolute atomic E-state index is 0.236. The van der Waals surface area contributed by atoms with Crippen LogP contribution in [-0.4, -0.2) is 56.2 Å². The fourth-order valence-electron chi connectivity index (χ4n) is 3.14. The van der Waals surface area contributed by atoms with E-state index in [0.29, 0.717) is 37.7 Å². The molecule has 0 aliphatic carbocycles. The Bertz CT molecular complexity index is 1120. The lowest BCUT2D eigenvalue weighted by atomic mass is 10.0. The van der Waals surface area contributed by atoms with Crippen molar-refractivity contribution >= 4 is 26.2 Å². The molecule has 0 saturated carbocycles. The van der Waals surface area contributed by atoms with Crippen molar-refractivity contribution in [2.45, 2.75) is 4.90 Å². The largest absolute Gasteiger partial charge is 0.378 e. The van der Waals surface area contributed by atoms with Crippen LogP contribution in [0.1, 0.15) is 5.56 Å². The molecule has 144 valence electrons. The second kappa shape index (κ2) is 7.35. The molecule has 1 aromatic carbocycles. The summed E-state index contributed by atoms with van der Waals surface area (Å²) >= 11 is 1.48. The van der Waals surface area contributed by atoms with E-state index in [9.17, 15) is 13.7 Å². The Morgan fingerprint density at radius 3 is 2.54 bits per heavy atom. The average Bonchev–Trinajstić information content (AvgIpc) is 3.35. The summed E-state index contributed by atoms with van der Waals surface area (Å²) in [6.45, 7) is 2.63. The second-order valence-electron chi connectivity index (χ2n) is 6.33. The number of benzene rings is 1. The van der Waals surface area contributed by atoms with Gasteiger partial charge in [0.2, 0.25) is 0 Å². The van der Waals surface area contributed by atoms with Crippen LogP contribution in [-0.2, 0) is 14.6 Å². The number of H-pyrrole nitrogens is 1. The predicted octanol–water partition coefficient (Wildman–Crippen LogP) is 2.31. The van der Waals surface area contributed by atoms with Crippen LogP contribution in [0.4, 0.5) is 5.00 Å². The molecule has 10 heteroatoms. The standard InChI is InChI=1S/C18H17N5O3S2/c1-28(24,25)13-4-2-12(3-5-13)15-14(10-19)18(23-6-8-26-9-7-23)27-16(15)17-20-11-21-22-17/h2-5,11H,6-9H2,1H3,(H,20,21,22). The Morgan fingerprint density at radius 2 is 1.96 bits per heavy atom. The third-order valence-corrected chi connectivity index (χ3v) is 6.89. The van der Waals surface area contributed by atoms with E-state index in [1.807, 2.05) is 0 Å². The molecule has 2 aromatic heterocycles. The van der Waals surface area contributed by atoms with Crippen molar-refractivity contribution < 1.29 is 13.2 Å². The smallest absolute Gasteiger partial charge is 0.175 e. The van der Waals surface area contributed by atoms with Crippen molar-refractivity contribution in [2.24, 2.45) is 0 Å². The molecule has 4 rings (SSSR count). The first-order valence-electron chi connectivity index (χ1n) is 8.55. The van der Waals surface area contributed by atoms with Gasteiger partial charge in [0.15, 0.2) is 15.7 Å². The highest BCUT2D eigenvalue weighted by molar-refractivity contribution is 7.90. The summed E-state index contributed by atoms with van der Waals surface area (Å²) in [7, 11) is -3.30. The van der Waals surface area contributed by atoms with Crippen LogP contribution in [0.2, 0.25) is 0 Å². The van der Waals surface area contributed by atoms with Crippen molar-refractivity contribution in [3.63, 3.8) is 0 Å². The summed E-state index contributed by atoms with van der Waals surface area (Å²) in [5.41, 5.74) is 2.03. The van der Waals surface area contributed by atoms with Gasteiger partial charge in [-0.1, -0.05) is 12.1 Å². The fraction of sp³-hybridized carbons (Fsp3) is 0.278. The lowest BCUT2D eigenvalue weighted by molar-refractivity contribution is 0.123. The van der Waals surface area contributed by atoms with Gasteiger partial charge in [0.25, 0.3) is 0 Å². The maximum absolute atomic E-state index is 11.8. The Balaban J connectivity index is 1.89. The van der Waals surface area contributed by atoms with Crippen molar-refractivity contribution in [2.75, 3.05) is 37.5 Å². The molecule has 1 fully saturated rings. The molecular formula is C18H17N5O3S2. The molecular weight excluding hydrogens is 398 g/mol. The number of morpholine rings is 1. The van der Waals surface area contributed by atoms with Crippen LogP contribution < -0.4 is 4.90 Å².